The molecule has 1 heterocycles. The van der Waals surface area contributed by atoms with Crippen LogP contribution in [-0.2, 0) is 36.7 Å². The van der Waals surface area contributed by atoms with Gasteiger partial charge >= 0.3 is 15.2 Å². The Balaban J connectivity index is 2.64. The number of thioether (sulfide) groups is 2. The number of nitrogens with two attached hydrogens (primary N) is 1. The van der Waals surface area contributed by atoms with Gasteiger partial charge in [-0.3, -0.25) is 9.13 Å². The van der Waals surface area contributed by atoms with Crippen LogP contribution in [0.2, 0.25) is 0 Å². The molecule has 39 heavy (non-hydrogen) atoms. The van der Waals surface area contributed by atoms with E-state index in [1.54, 1.807) is 55.4 Å². The smallest absolute Gasteiger partial charge is 0.356 e. The van der Waals surface area contributed by atoms with Crippen molar-refractivity contribution in [1.82, 2.24) is 9.97 Å². The van der Waals surface area contributed by atoms with Crippen LogP contribution in [0.3, 0.4) is 0 Å². The first-order valence-electron chi connectivity index (χ1n) is 13.1. The van der Waals surface area contributed by atoms with Gasteiger partial charge in [-0.2, -0.15) is 0 Å². The first-order chi connectivity index (χ1) is 18.0. The number of nitrogen functional groups attached to an aromatic ring is 1. The van der Waals surface area contributed by atoms with Crippen LogP contribution in [0.25, 0.3) is 0 Å². The zero-order valence-corrected chi connectivity index (χ0v) is 28.2. The maximum absolute atomic E-state index is 13.0. The lowest BCUT2D eigenvalue weighted by Gasteiger charge is -2.24. The highest BCUT2D eigenvalue weighted by molar-refractivity contribution is 8.00. The predicted molar refractivity (Wildman–Crippen MR) is 159 cm³/mol. The fraction of sp³-hybridized carbons (Fsp3) is 0.833. The number of nitrogens with zero attached hydrogens (tertiary/aromatic N) is 2. The van der Waals surface area contributed by atoms with E-state index in [-0.39, 0.29) is 55.3 Å². The van der Waals surface area contributed by atoms with Gasteiger partial charge in [0.1, 0.15) is 22.7 Å². The average molecular weight is 632 g/mol. The molecule has 0 radical (unpaired) electrons. The first kappa shape index (κ1) is 36.8. The molecule has 228 valence electrons. The standard InChI is InChI=1S/C24H47N3O8P2S2/c1-16(2)32-36(28,33-17(3)4)14-30-20(9)12-38-22-11-23(27-24(25)26-22)39-13-21(10)31-15-37(29,34-18(5)6)35-19(7)8/h11,16-21H,12-15H2,1-10H3,(H2,25,26,27)/t20-,21-/m0/s1. The molecular formula is C24H47N3O8P2S2. The summed E-state index contributed by atoms with van der Waals surface area (Å²) in [5.41, 5.74) is 5.94. The van der Waals surface area contributed by atoms with Gasteiger partial charge in [0.15, 0.2) is 0 Å². The molecule has 1 aromatic heterocycles. The molecule has 11 nitrogen and oxygen atoms in total. The van der Waals surface area contributed by atoms with Gasteiger partial charge < -0.3 is 33.3 Å². The molecule has 0 amide bonds. The lowest BCUT2D eigenvalue weighted by Crippen LogP contribution is -2.17. The number of aromatic nitrogens is 2. The van der Waals surface area contributed by atoms with Gasteiger partial charge in [0, 0.05) is 17.6 Å². The monoisotopic (exact) mass is 631 g/mol. The third-order valence-corrected chi connectivity index (χ3v) is 10.3. The van der Waals surface area contributed by atoms with Crippen LogP contribution in [0.5, 0.6) is 0 Å². The normalized spacial score (nSPS) is 14.6. The van der Waals surface area contributed by atoms with Crippen molar-refractivity contribution in [2.45, 2.75) is 116 Å². The van der Waals surface area contributed by atoms with Crippen LogP contribution >= 0.6 is 38.7 Å². The number of hydrogen-bond donors (Lipinski definition) is 1. The number of hydrogen-bond acceptors (Lipinski definition) is 13. The quantitative estimate of drug-likeness (QED) is 0.0893. The molecule has 1 aromatic rings. The second-order valence-electron chi connectivity index (χ2n) is 10.1. The Hall–Kier alpha value is -0.200. The van der Waals surface area contributed by atoms with E-state index in [0.717, 1.165) is 0 Å². The second kappa shape index (κ2) is 17.7. The maximum atomic E-state index is 13.0. The van der Waals surface area contributed by atoms with Crippen molar-refractivity contribution in [3.8, 4) is 0 Å². The molecule has 2 atom stereocenters. The maximum Gasteiger partial charge on any atom is 0.356 e. The summed E-state index contributed by atoms with van der Waals surface area (Å²) >= 11 is 2.90. The van der Waals surface area contributed by atoms with Crippen molar-refractivity contribution in [1.29, 1.82) is 0 Å². The Kier molecular flexibility index (Phi) is 16.7. The lowest BCUT2D eigenvalue weighted by atomic mass is 10.5. The first-order valence-corrected chi connectivity index (χ1v) is 18.5. The average Bonchev–Trinajstić information content (AvgIpc) is 2.76. The number of ether oxygens (including phenoxy) is 2. The molecule has 0 bridgehead atoms. The van der Waals surface area contributed by atoms with E-state index < -0.39 is 15.2 Å². The summed E-state index contributed by atoms with van der Waals surface area (Å²) < 4.78 is 59.7. The Morgan fingerprint density at radius 1 is 0.667 bits per heavy atom. The summed E-state index contributed by atoms with van der Waals surface area (Å²) in [4.78, 5) is 8.60. The summed E-state index contributed by atoms with van der Waals surface area (Å²) in [6.45, 7) is 18.2. The molecule has 0 aliphatic carbocycles. The SMILES string of the molecule is CC(C)OP(=O)(CO[C@@H](C)CSc1cc(SC[C@H](C)OCP(=O)(OC(C)C)OC(C)C)nc(N)n1)OC(C)C. The molecule has 0 saturated carbocycles. The minimum absolute atomic E-state index is 0.132. The van der Waals surface area contributed by atoms with E-state index in [1.165, 1.54) is 23.5 Å². The summed E-state index contributed by atoms with van der Waals surface area (Å²) in [5, 5.41) is 1.38. The van der Waals surface area contributed by atoms with Gasteiger partial charge in [0.2, 0.25) is 5.95 Å². The number of rotatable bonds is 20. The Morgan fingerprint density at radius 2 is 0.974 bits per heavy atom. The van der Waals surface area contributed by atoms with E-state index in [9.17, 15) is 9.13 Å². The molecule has 1 rings (SSSR count). The minimum atomic E-state index is -3.37. The van der Waals surface area contributed by atoms with Gasteiger partial charge in [0.05, 0.1) is 36.6 Å². The van der Waals surface area contributed by atoms with Crippen LogP contribution in [0.4, 0.5) is 5.95 Å². The van der Waals surface area contributed by atoms with E-state index in [0.29, 0.717) is 21.6 Å². The molecular weight excluding hydrogens is 584 g/mol. The van der Waals surface area contributed by atoms with Gasteiger partial charge in [-0.25, -0.2) is 9.97 Å². The van der Waals surface area contributed by atoms with Crippen LogP contribution in [0, 0.1) is 0 Å². The Morgan fingerprint density at radius 3 is 1.26 bits per heavy atom. The van der Waals surface area contributed by atoms with Crippen molar-refractivity contribution >= 4 is 44.7 Å². The fourth-order valence-corrected chi connectivity index (χ4v) is 8.53. The fourth-order valence-electron chi connectivity index (χ4n) is 2.96. The molecule has 0 unspecified atom stereocenters. The third-order valence-electron chi connectivity index (χ3n) is 4.15. The largest absolute Gasteiger partial charge is 0.368 e. The number of anilines is 1. The predicted octanol–water partition coefficient (Wildman–Crippen LogP) is 7.05. The van der Waals surface area contributed by atoms with Gasteiger partial charge in [-0.15, -0.1) is 23.5 Å². The van der Waals surface area contributed by atoms with Crippen LogP contribution in [0.15, 0.2) is 16.1 Å². The summed E-state index contributed by atoms with van der Waals surface area (Å²) in [7, 11) is -6.74. The van der Waals surface area contributed by atoms with Crippen molar-refractivity contribution < 1.29 is 36.7 Å². The van der Waals surface area contributed by atoms with Gasteiger partial charge in [-0.1, -0.05) is 0 Å². The second-order valence-corrected chi connectivity index (χ2v) is 16.0. The highest BCUT2D eigenvalue weighted by atomic mass is 32.2. The van der Waals surface area contributed by atoms with Crippen molar-refractivity contribution in [3.63, 3.8) is 0 Å². The molecule has 0 aliphatic rings. The van der Waals surface area contributed by atoms with Crippen LogP contribution in [0.1, 0.15) is 69.2 Å². The van der Waals surface area contributed by atoms with E-state index in [1.807, 2.05) is 19.9 Å². The highest BCUT2D eigenvalue weighted by Crippen LogP contribution is 2.51. The van der Waals surface area contributed by atoms with Crippen LogP contribution < -0.4 is 5.73 Å². The molecule has 2 N–H and O–H groups in total. The van der Waals surface area contributed by atoms with Gasteiger partial charge in [0.25, 0.3) is 0 Å². The zero-order chi connectivity index (χ0) is 29.8. The molecule has 0 aliphatic heterocycles. The third kappa shape index (κ3) is 16.7. The van der Waals surface area contributed by atoms with E-state index in [2.05, 4.69) is 9.97 Å². The molecule has 0 aromatic carbocycles. The summed E-state index contributed by atoms with van der Waals surface area (Å²) in [6.07, 6.45) is -1.74. The zero-order valence-electron chi connectivity index (χ0n) is 24.8. The van der Waals surface area contributed by atoms with Crippen molar-refractivity contribution in [3.05, 3.63) is 6.07 Å². The molecule has 0 saturated heterocycles. The molecule has 0 spiro atoms. The highest BCUT2D eigenvalue weighted by Gasteiger charge is 2.30. The summed E-state index contributed by atoms with van der Waals surface area (Å²) in [5.74, 6) is 1.25. The lowest BCUT2D eigenvalue weighted by molar-refractivity contribution is 0.0729. The van der Waals surface area contributed by atoms with Crippen molar-refractivity contribution in [2.75, 3.05) is 29.9 Å². The Labute approximate surface area is 242 Å². The van der Waals surface area contributed by atoms with E-state index >= 15 is 0 Å². The van der Waals surface area contributed by atoms with Crippen molar-refractivity contribution in [2.24, 2.45) is 0 Å². The molecule has 15 heteroatoms. The Bertz CT molecular complexity index is 858. The van der Waals surface area contributed by atoms with Crippen LogP contribution in [-0.4, -0.2) is 70.8 Å². The minimum Gasteiger partial charge on any atom is -0.368 e. The topological polar surface area (TPSA) is 141 Å². The van der Waals surface area contributed by atoms with Gasteiger partial charge in [-0.05, 0) is 69.2 Å². The summed E-state index contributed by atoms with van der Waals surface area (Å²) in [6, 6.07) is 1.84. The molecule has 0 fully saturated rings. The van der Waals surface area contributed by atoms with E-state index in [4.69, 9.17) is 33.3 Å².